The molecule has 0 aliphatic heterocycles. The Bertz CT molecular complexity index is 556. The molecule has 5 nitrogen and oxygen atoms in total. The van der Waals surface area contributed by atoms with Gasteiger partial charge in [-0.1, -0.05) is 26.0 Å². The van der Waals surface area contributed by atoms with Gasteiger partial charge < -0.3 is 10.4 Å². The number of benzene rings is 1. The number of aliphatic hydroxyl groups is 1. The molecule has 1 aromatic rings. The van der Waals surface area contributed by atoms with Gasteiger partial charge in [-0.2, -0.15) is 0 Å². The molecule has 0 aromatic heterocycles. The summed E-state index contributed by atoms with van der Waals surface area (Å²) in [6, 6.07) is 6.71. The van der Waals surface area contributed by atoms with Crippen molar-refractivity contribution < 1.29 is 13.5 Å². The summed E-state index contributed by atoms with van der Waals surface area (Å²) in [7, 11) is -3.67. The highest BCUT2D eigenvalue weighted by atomic mass is 32.2. The Hall–Kier alpha value is -0.950. The first-order valence-corrected chi connectivity index (χ1v) is 8.67. The normalized spacial score (nSPS) is 14.1. The number of nitrogens with one attached hydrogen (secondary N) is 1. The highest BCUT2D eigenvalue weighted by molar-refractivity contribution is 7.89. The van der Waals surface area contributed by atoms with Crippen LogP contribution in [0.4, 0.5) is 0 Å². The Labute approximate surface area is 127 Å². The summed E-state index contributed by atoms with van der Waals surface area (Å²) in [4.78, 5) is 0.133. The van der Waals surface area contributed by atoms with Crippen molar-refractivity contribution in [2.45, 2.75) is 44.6 Å². The van der Waals surface area contributed by atoms with E-state index >= 15 is 0 Å². The van der Waals surface area contributed by atoms with Gasteiger partial charge in [-0.25, -0.2) is 13.6 Å². The molecule has 0 amide bonds. The minimum absolute atomic E-state index is 0.0279. The summed E-state index contributed by atoms with van der Waals surface area (Å²) in [6.07, 6.45) is 1.71. The molecule has 120 valence electrons. The number of aliphatic hydroxyl groups excluding tert-OH is 1. The zero-order chi connectivity index (χ0) is 16.1. The van der Waals surface area contributed by atoms with E-state index in [1.165, 1.54) is 6.07 Å². The molecule has 1 aromatic carbocycles. The van der Waals surface area contributed by atoms with Gasteiger partial charge in [0.05, 0.1) is 4.90 Å². The smallest absolute Gasteiger partial charge is 0.238 e. The highest BCUT2D eigenvalue weighted by Crippen LogP contribution is 2.23. The van der Waals surface area contributed by atoms with E-state index in [2.05, 4.69) is 19.2 Å². The second-order valence-corrected chi connectivity index (χ2v) is 7.77. The van der Waals surface area contributed by atoms with Crippen LogP contribution >= 0.6 is 0 Å². The maximum Gasteiger partial charge on any atom is 0.238 e. The van der Waals surface area contributed by atoms with Gasteiger partial charge in [0.2, 0.25) is 10.0 Å². The van der Waals surface area contributed by atoms with E-state index in [0.29, 0.717) is 0 Å². The summed E-state index contributed by atoms with van der Waals surface area (Å²) < 4.78 is 22.8. The summed E-state index contributed by atoms with van der Waals surface area (Å²) in [5, 5.41) is 17.5. The first-order chi connectivity index (χ1) is 9.65. The monoisotopic (exact) mass is 314 g/mol. The summed E-state index contributed by atoms with van der Waals surface area (Å²) in [5.74, 6) is 0. The minimum Gasteiger partial charge on any atom is -0.396 e. The van der Waals surface area contributed by atoms with Gasteiger partial charge in [0.25, 0.3) is 0 Å². The van der Waals surface area contributed by atoms with Crippen molar-refractivity contribution in [1.29, 1.82) is 0 Å². The van der Waals surface area contributed by atoms with Crippen molar-refractivity contribution in [2.75, 3.05) is 13.2 Å². The Balaban J connectivity index is 2.70. The lowest BCUT2D eigenvalue weighted by Gasteiger charge is -2.27. The summed E-state index contributed by atoms with van der Waals surface area (Å²) >= 11 is 0. The van der Waals surface area contributed by atoms with Crippen molar-refractivity contribution in [1.82, 2.24) is 5.32 Å². The average molecular weight is 314 g/mol. The fourth-order valence-electron chi connectivity index (χ4n) is 2.15. The lowest BCUT2D eigenvalue weighted by Crippen LogP contribution is -2.31. The highest BCUT2D eigenvalue weighted by Gasteiger charge is 2.19. The average Bonchev–Trinajstić information content (AvgIpc) is 2.42. The van der Waals surface area contributed by atoms with Gasteiger partial charge in [-0.15, -0.1) is 0 Å². The van der Waals surface area contributed by atoms with E-state index < -0.39 is 10.0 Å². The molecule has 0 heterocycles. The van der Waals surface area contributed by atoms with E-state index in [1.807, 2.05) is 13.0 Å². The number of primary sulfonamides is 1. The third-order valence-corrected chi connectivity index (χ3v) is 4.50. The van der Waals surface area contributed by atoms with Crippen LogP contribution in [0.2, 0.25) is 0 Å². The number of rotatable bonds is 8. The van der Waals surface area contributed by atoms with Crippen LogP contribution < -0.4 is 10.5 Å². The first kappa shape index (κ1) is 18.1. The third-order valence-electron chi connectivity index (χ3n) is 3.59. The number of hydrogen-bond acceptors (Lipinski definition) is 4. The van der Waals surface area contributed by atoms with E-state index in [0.717, 1.165) is 24.9 Å². The third kappa shape index (κ3) is 6.13. The van der Waals surface area contributed by atoms with Crippen molar-refractivity contribution in [3.05, 3.63) is 29.8 Å². The molecule has 1 rings (SSSR count). The second-order valence-electron chi connectivity index (χ2n) is 6.21. The second kappa shape index (κ2) is 7.35. The van der Waals surface area contributed by atoms with E-state index in [1.54, 1.807) is 12.1 Å². The van der Waals surface area contributed by atoms with Crippen LogP contribution in [-0.2, 0) is 10.0 Å². The van der Waals surface area contributed by atoms with Crippen molar-refractivity contribution in [3.8, 4) is 0 Å². The Morgan fingerprint density at radius 2 is 2.05 bits per heavy atom. The van der Waals surface area contributed by atoms with Crippen molar-refractivity contribution >= 4 is 10.0 Å². The maximum absolute atomic E-state index is 11.4. The Morgan fingerprint density at radius 3 is 2.62 bits per heavy atom. The van der Waals surface area contributed by atoms with Crippen LogP contribution in [0.5, 0.6) is 0 Å². The summed E-state index contributed by atoms with van der Waals surface area (Å²) in [5.41, 5.74) is 0.966. The zero-order valence-electron chi connectivity index (χ0n) is 13.0. The maximum atomic E-state index is 11.4. The van der Waals surface area contributed by atoms with Gasteiger partial charge >= 0.3 is 0 Å². The number of nitrogens with two attached hydrogens (primary N) is 1. The van der Waals surface area contributed by atoms with Crippen LogP contribution in [0, 0.1) is 5.41 Å². The number of hydrogen-bond donors (Lipinski definition) is 3. The molecule has 0 aliphatic rings. The molecule has 1 atom stereocenters. The van der Waals surface area contributed by atoms with Gasteiger partial charge in [-0.3, -0.25) is 0 Å². The first-order valence-electron chi connectivity index (χ1n) is 7.13. The minimum atomic E-state index is -3.67. The predicted octanol–water partition coefficient (Wildman–Crippen LogP) is 1.78. The van der Waals surface area contributed by atoms with E-state index in [9.17, 15) is 8.42 Å². The van der Waals surface area contributed by atoms with Gasteiger partial charge in [0.1, 0.15) is 0 Å². The topological polar surface area (TPSA) is 92.4 Å². The quantitative estimate of drug-likeness (QED) is 0.682. The molecule has 0 saturated heterocycles. The molecule has 21 heavy (non-hydrogen) atoms. The Kier molecular flexibility index (Phi) is 6.34. The lowest BCUT2D eigenvalue weighted by molar-refractivity contribution is 0.233. The largest absolute Gasteiger partial charge is 0.396 e. The molecule has 6 heteroatoms. The predicted molar refractivity (Wildman–Crippen MR) is 84.3 cm³/mol. The van der Waals surface area contributed by atoms with Crippen molar-refractivity contribution in [3.63, 3.8) is 0 Å². The molecule has 0 saturated carbocycles. The molecule has 1 unspecified atom stereocenters. The Morgan fingerprint density at radius 1 is 1.38 bits per heavy atom. The molecular formula is C15H26N2O3S. The van der Waals surface area contributed by atoms with Crippen LogP contribution in [-0.4, -0.2) is 26.7 Å². The molecular weight excluding hydrogens is 288 g/mol. The fraction of sp³-hybridized carbons (Fsp3) is 0.600. The molecule has 0 bridgehead atoms. The SMILES string of the molecule is CC(NCC(C)(C)CCCO)c1cccc(S(N)(=O)=O)c1. The van der Waals surface area contributed by atoms with Gasteiger partial charge in [0.15, 0.2) is 0 Å². The van der Waals surface area contributed by atoms with Crippen LogP contribution in [0.1, 0.15) is 45.2 Å². The zero-order valence-corrected chi connectivity index (χ0v) is 13.8. The van der Waals surface area contributed by atoms with E-state index in [4.69, 9.17) is 10.2 Å². The van der Waals surface area contributed by atoms with Crippen LogP contribution in [0.15, 0.2) is 29.2 Å². The summed E-state index contributed by atoms with van der Waals surface area (Å²) in [6.45, 7) is 7.26. The number of sulfonamides is 1. The van der Waals surface area contributed by atoms with Crippen LogP contribution in [0.25, 0.3) is 0 Å². The van der Waals surface area contributed by atoms with Crippen molar-refractivity contribution in [2.24, 2.45) is 10.6 Å². The molecule has 0 spiro atoms. The standard InChI is InChI=1S/C15H26N2O3S/c1-12(17-11-15(2,3)8-5-9-18)13-6-4-7-14(10-13)21(16,19)20/h4,6-7,10,12,17-18H,5,8-9,11H2,1-3H3,(H2,16,19,20). The molecule has 0 radical (unpaired) electrons. The molecule has 0 aliphatic carbocycles. The van der Waals surface area contributed by atoms with Crippen LogP contribution in [0.3, 0.4) is 0 Å². The van der Waals surface area contributed by atoms with Gasteiger partial charge in [0, 0.05) is 19.2 Å². The van der Waals surface area contributed by atoms with E-state index in [-0.39, 0.29) is 23.0 Å². The fourth-order valence-corrected chi connectivity index (χ4v) is 2.72. The lowest BCUT2D eigenvalue weighted by atomic mass is 9.87. The van der Waals surface area contributed by atoms with Gasteiger partial charge in [-0.05, 0) is 42.9 Å². The molecule has 0 fully saturated rings. The molecule has 4 N–H and O–H groups in total.